The van der Waals surface area contributed by atoms with E-state index in [9.17, 15) is 0 Å². The number of aromatic nitrogens is 3. The van der Waals surface area contributed by atoms with Crippen molar-refractivity contribution in [3.05, 3.63) is 200 Å². The standard InChI is InChI=1S/C52H33N3S/c1-3-15-34(16-4-1)35-17-13-22-40(33-35)51-53-49(48-45-26-7-9-29-46(45)55(52(48)54-51)41-23-5-2-6-24-41)39-21-12-19-37(32-39)36-18-11-20-38(31-36)42-27-14-28-44-43-25-8-10-30-47(43)56-50(42)44/h1-33H. The van der Waals surface area contributed by atoms with Crippen LogP contribution in [0.2, 0.25) is 0 Å². The van der Waals surface area contributed by atoms with Gasteiger partial charge in [-0.3, -0.25) is 4.57 Å². The summed E-state index contributed by atoms with van der Waals surface area (Å²) < 4.78 is 4.92. The van der Waals surface area contributed by atoms with E-state index in [-0.39, 0.29) is 0 Å². The third-order valence-electron chi connectivity index (χ3n) is 10.8. The second-order valence-electron chi connectivity index (χ2n) is 14.2. The van der Waals surface area contributed by atoms with E-state index in [1.165, 1.54) is 31.3 Å². The Labute approximate surface area is 328 Å². The summed E-state index contributed by atoms with van der Waals surface area (Å²) in [6.45, 7) is 0. The first kappa shape index (κ1) is 32.3. The summed E-state index contributed by atoms with van der Waals surface area (Å²) in [4.78, 5) is 10.9. The maximum Gasteiger partial charge on any atom is 0.162 e. The number of para-hydroxylation sites is 2. The number of fused-ring (bicyclic) bond motifs is 6. The van der Waals surface area contributed by atoms with Crippen LogP contribution >= 0.6 is 11.3 Å². The molecule has 11 rings (SSSR count). The van der Waals surface area contributed by atoms with Crippen LogP contribution in [0.3, 0.4) is 0 Å². The molecule has 0 aliphatic rings. The molecule has 0 aliphatic heterocycles. The molecule has 0 N–H and O–H groups in total. The van der Waals surface area contributed by atoms with Gasteiger partial charge in [0.25, 0.3) is 0 Å². The predicted molar refractivity (Wildman–Crippen MR) is 236 cm³/mol. The summed E-state index contributed by atoms with van der Waals surface area (Å²) in [5.74, 6) is 0.689. The van der Waals surface area contributed by atoms with Crippen molar-refractivity contribution >= 4 is 53.4 Å². The second-order valence-corrected chi connectivity index (χ2v) is 15.2. The summed E-state index contributed by atoms with van der Waals surface area (Å²) in [7, 11) is 0. The van der Waals surface area contributed by atoms with Crippen molar-refractivity contribution in [1.82, 2.24) is 14.5 Å². The zero-order valence-corrected chi connectivity index (χ0v) is 31.1. The van der Waals surface area contributed by atoms with Crippen molar-refractivity contribution < 1.29 is 0 Å². The van der Waals surface area contributed by atoms with Crippen LogP contribution in [0.15, 0.2) is 200 Å². The molecule has 0 unspecified atom stereocenters. The van der Waals surface area contributed by atoms with Crippen molar-refractivity contribution in [3.63, 3.8) is 0 Å². The number of hydrogen-bond donors (Lipinski definition) is 0. The van der Waals surface area contributed by atoms with E-state index in [4.69, 9.17) is 9.97 Å². The van der Waals surface area contributed by atoms with Crippen LogP contribution in [-0.2, 0) is 0 Å². The molecular weight excluding hydrogens is 699 g/mol. The molecule has 0 amide bonds. The predicted octanol–water partition coefficient (Wildman–Crippen LogP) is 14.3. The van der Waals surface area contributed by atoms with Gasteiger partial charge in [0.05, 0.1) is 16.6 Å². The molecule has 3 aromatic heterocycles. The number of nitrogens with zero attached hydrogens (tertiary/aromatic N) is 3. The number of thiophene rings is 1. The molecule has 0 radical (unpaired) electrons. The molecule has 0 atom stereocenters. The molecule has 4 heteroatoms. The molecule has 3 nitrogen and oxygen atoms in total. The number of benzene rings is 8. The Hall–Kier alpha value is -7.14. The fraction of sp³-hybridized carbons (Fsp3) is 0. The first-order valence-electron chi connectivity index (χ1n) is 18.9. The van der Waals surface area contributed by atoms with Gasteiger partial charge in [-0.2, -0.15) is 0 Å². The molecule has 0 fully saturated rings. The van der Waals surface area contributed by atoms with E-state index in [2.05, 4.69) is 205 Å². The van der Waals surface area contributed by atoms with Crippen LogP contribution in [0.25, 0.3) is 104 Å². The van der Waals surface area contributed by atoms with Gasteiger partial charge in [0.1, 0.15) is 5.65 Å². The van der Waals surface area contributed by atoms with Gasteiger partial charge in [0.2, 0.25) is 0 Å². The molecule has 0 spiro atoms. The Morgan fingerprint density at radius 1 is 0.393 bits per heavy atom. The maximum atomic E-state index is 5.47. The van der Waals surface area contributed by atoms with Crippen molar-refractivity contribution in [1.29, 1.82) is 0 Å². The van der Waals surface area contributed by atoms with Crippen molar-refractivity contribution in [2.45, 2.75) is 0 Å². The van der Waals surface area contributed by atoms with Crippen molar-refractivity contribution in [2.24, 2.45) is 0 Å². The van der Waals surface area contributed by atoms with Gasteiger partial charge < -0.3 is 0 Å². The van der Waals surface area contributed by atoms with Gasteiger partial charge in [-0.05, 0) is 75.8 Å². The lowest BCUT2D eigenvalue weighted by Gasteiger charge is -2.12. The molecule has 11 aromatic rings. The Bertz CT molecular complexity index is 3250. The molecular formula is C52H33N3S. The first-order valence-corrected chi connectivity index (χ1v) is 19.7. The zero-order valence-electron chi connectivity index (χ0n) is 30.3. The highest BCUT2D eigenvalue weighted by Crippen LogP contribution is 2.42. The molecule has 0 aliphatic carbocycles. The zero-order chi connectivity index (χ0) is 37.0. The van der Waals surface area contributed by atoms with Gasteiger partial charge >= 0.3 is 0 Å². The molecule has 3 heterocycles. The highest BCUT2D eigenvalue weighted by molar-refractivity contribution is 7.26. The molecule has 56 heavy (non-hydrogen) atoms. The lowest BCUT2D eigenvalue weighted by atomic mass is 9.96. The van der Waals surface area contributed by atoms with E-state index in [0.29, 0.717) is 5.82 Å². The van der Waals surface area contributed by atoms with Crippen LogP contribution < -0.4 is 0 Å². The van der Waals surface area contributed by atoms with Crippen LogP contribution in [0, 0.1) is 0 Å². The van der Waals surface area contributed by atoms with E-state index in [1.54, 1.807) is 0 Å². The lowest BCUT2D eigenvalue weighted by Crippen LogP contribution is -1.99. The smallest absolute Gasteiger partial charge is 0.162 e. The van der Waals surface area contributed by atoms with Gasteiger partial charge in [-0.1, -0.05) is 158 Å². The number of rotatable bonds is 6. The third-order valence-corrected chi connectivity index (χ3v) is 12.0. The van der Waals surface area contributed by atoms with Gasteiger partial charge in [0, 0.05) is 42.4 Å². The van der Waals surface area contributed by atoms with Gasteiger partial charge in [0.15, 0.2) is 5.82 Å². The van der Waals surface area contributed by atoms with Gasteiger partial charge in [-0.25, -0.2) is 9.97 Å². The topological polar surface area (TPSA) is 30.7 Å². The SMILES string of the molecule is c1ccc(-c2cccc(-c3nc(-c4cccc(-c5cccc(-c6cccc7c6sc6ccccc67)c5)c4)c4c5ccccc5n(-c5ccccc5)c4n3)c2)cc1. The van der Waals surface area contributed by atoms with Gasteiger partial charge in [-0.15, -0.1) is 11.3 Å². The minimum atomic E-state index is 0.689. The van der Waals surface area contributed by atoms with Crippen molar-refractivity contribution in [2.75, 3.05) is 0 Å². The van der Waals surface area contributed by atoms with Crippen LogP contribution in [0.1, 0.15) is 0 Å². The van der Waals surface area contributed by atoms with E-state index < -0.39 is 0 Å². The molecule has 0 saturated carbocycles. The Morgan fingerprint density at radius 3 is 1.75 bits per heavy atom. The van der Waals surface area contributed by atoms with Crippen LogP contribution in [0.5, 0.6) is 0 Å². The molecule has 8 aromatic carbocycles. The summed E-state index contributed by atoms with van der Waals surface area (Å²) in [5, 5.41) is 4.78. The van der Waals surface area contributed by atoms with E-state index in [0.717, 1.165) is 66.7 Å². The monoisotopic (exact) mass is 731 g/mol. The highest BCUT2D eigenvalue weighted by atomic mass is 32.1. The summed E-state index contributed by atoms with van der Waals surface area (Å²) >= 11 is 1.87. The quantitative estimate of drug-likeness (QED) is 0.170. The molecule has 0 bridgehead atoms. The Morgan fingerprint density at radius 2 is 0.946 bits per heavy atom. The lowest BCUT2D eigenvalue weighted by molar-refractivity contribution is 1.11. The third kappa shape index (κ3) is 5.42. The average molecular weight is 732 g/mol. The largest absolute Gasteiger partial charge is 0.294 e. The molecule has 262 valence electrons. The van der Waals surface area contributed by atoms with E-state index in [1.807, 2.05) is 11.3 Å². The summed E-state index contributed by atoms with van der Waals surface area (Å²) in [6.07, 6.45) is 0. The molecule has 0 saturated heterocycles. The fourth-order valence-electron chi connectivity index (χ4n) is 8.18. The second kappa shape index (κ2) is 13.3. The summed E-state index contributed by atoms with van der Waals surface area (Å²) in [5.41, 5.74) is 13.0. The Kier molecular flexibility index (Phi) is 7.68. The minimum absolute atomic E-state index is 0.689. The average Bonchev–Trinajstić information content (AvgIpc) is 3.83. The summed E-state index contributed by atoms with van der Waals surface area (Å²) in [6, 6.07) is 71.4. The normalized spacial score (nSPS) is 11.6. The fourth-order valence-corrected chi connectivity index (χ4v) is 9.42. The highest BCUT2D eigenvalue weighted by Gasteiger charge is 2.21. The van der Waals surface area contributed by atoms with Crippen LogP contribution in [0.4, 0.5) is 0 Å². The van der Waals surface area contributed by atoms with Crippen LogP contribution in [-0.4, -0.2) is 14.5 Å². The number of hydrogen-bond acceptors (Lipinski definition) is 3. The Balaban J connectivity index is 1.11. The van der Waals surface area contributed by atoms with Crippen molar-refractivity contribution in [3.8, 4) is 61.7 Å². The minimum Gasteiger partial charge on any atom is -0.294 e. The first-order chi connectivity index (χ1) is 27.8. The van der Waals surface area contributed by atoms with E-state index >= 15 is 0 Å². The maximum absolute atomic E-state index is 5.47.